The molecular weight excluding hydrogens is 260 g/mol. The first-order chi connectivity index (χ1) is 10.1. The molecule has 1 saturated carbocycles. The van der Waals surface area contributed by atoms with Gasteiger partial charge in [0.25, 0.3) is 0 Å². The predicted molar refractivity (Wildman–Crippen MR) is 86.8 cm³/mol. The largest absolute Gasteiger partial charge is 0.493 e. The predicted octanol–water partition coefficient (Wildman–Crippen LogP) is 2.76. The molecule has 2 N–H and O–H groups in total. The number of hydrogen-bond donors (Lipinski definition) is 1. The molecular formula is C18H28N2O. The van der Waals surface area contributed by atoms with Crippen molar-refractivity contribution in [1.82, 2.24) is 4.90 Å². The third-order valence-electron chi connectivity index (χ3n) is 5.55. The maximum Gasteiger partial charge on any atom is 0.122 e. The molecule has 116 valence electrons. The molecule has 3 rings (SSSR count). The van der Waals surface area contributed by atoms with E-state index in [4.69, 9.17) is 10.5 Å². The van der Waals surface area contributed by atoms with Crippen LogP contribution in [0.2, 0.25) is 0 Å². The van der Waals surface area contributed by atoms with Gasteiger partial charge in [-0.3, -0.25) is 0 Å². The number of rotatable bonds is 5. The van der Waals surface area contributed by atoms with E-state index in [1.807, 2.05) is 0 Å². The summed E-state index contributed by atoms with van der Waals surface area (Å²) in [5.41, 5.74) is 9.60. The zero-order valence-electron chi connectivity index (χ0n) is 13.4. The van der Waals surface area contributed by atoms with Gasteiger partial charge in [-0.1, -0.05) is 25.0 Å². The molecule has 1 unspecified atom stereocenters. The highest BCUT2D eigenvalue weighted by Crippen LogP contribution is 2.37. The Bertz CT molecular complexity index is 492. The molecule has 1 aliphatic heterocycles. The summed E-state index contributed by atoms with van der Waals surface area (Å²) < 4.78 is 5.58. The lowest BCUT2D eigenvalue weighted by molar-refractivity contribution is 0.119. The van der Waals surface area contributed by atoms with Gasteiger partial charge in [-0.05, 0) is 57.0 Å². The zero-order valence-corrected chi connectivity index (χ0v) is 13.4. The zero-order chi connectivity index (χ0) is 14.9. The number of nitrogens with zero attached hydrogens (tertiary/aromatic N) is 1. The van der Waals surface area contributed by atoms with Crippen LogP contribution in [0.1, 0.15) is 43.2 Å². The minimum absolute atomic E-state index is 0.222. The topological polar surface area (TPSA) is 38.5 Å². The number of ether oxygens (including phenoxy) is 1. The van der Waals surface area contributed by atoms with Gasteiger partial charge in [0, 0.05) is 18.0 Å². The van der Waals surface area contributed by atoms with Crippen LogP contribution in [0.3, 0.4) is 0 Å². The van der Waals surface area contributed by atoms with Gasteiger partial charge in [-0.25, -0.2) is 0 Å². The highest BCUT2D eigenvalue weighted by molar-refractivity contribution is 5.39. The molecule has 1 atom stereocenters. The van der Waals surface area contributed by atoms with Crippen molar-refractivity contribution in [2.24, 2.45) is 5.73 Å². The van der Waals surface area contributed by atoms with Crippen molar-refractivity contribution in [3.63, 3.8) is 0 Å². The van der Waals surface area contributed by atoms with E-state index in [0.717, 1.165) is 31.6 Å². The fraction of sp³-hybridized carbons (Fsp3) is 0.667. The number of hydrogen-bond acceptors (Lipinski definition) is 3. The highest BCUT2D eigenvalue weighted by atomic mass is 16.5. The molecule has 0 amide bonds. The molecule has 2 aliphatic rings. The highest BCUT2D eigenvalue weighted by Gasteiger charge is 2.40. The maximum absolute atomic E-state index is 6.61. The average Bonchev–Trinajstić information content (AvgIpc) is 3.13. The summed E-state index contributed by atoms with van der Waals surface area (Å²) in [5.74, 6) is 1.07. The summed E-state index contributed by atoms with van der Waals surface area (Å²) in [4.78, 5) is 2.38. The number of nitrogens with two attached hydrogens (primary N) is 1. The summed E-state index contributed by atoms with van der Waals surface area (Å²) >= 11 is 0. The van der Waals surface area contributed by atoms with E-state index in [1.165, 1.54) is 36.8 Å². The van der Waals surface area contributed by atoms with Gasteiger partial charge < -0.3 is 15.4 Å². The summed E-state index contributed by atoms with van der Waals surface area (Å²) in [6, 6.07) is 6.90. The van der Waals surface area contributed by atoms with Crippen LogP contribution >= 0.6 is 0 Å². The SMILES string of the molecule is CN(C)C1(C(N)CCc2ccc3c(c2)CCO3)CCCC1. The summed E-state index contributed by atoms with van der Waals surface area (Å²) in [5, 5.41) is 0. The van der Waals surface area contributed by atoms with Gasteiger partial charge in [0.1, 0.15) is 5.75 Å². The maximum atomic E-state index is 6.61. The molecule has 1 heterocycles. The molecule has 1 aromatic rings. The molecule has 1 aliphatic carbocycles. The monoisotopic (exact) mass is 288 g/mol. The van der Waals surface area contributed by atoms with Gasteiger partial charge in [0.15, 0.2) is 0 Å². The van der Waals surface area contributed by atoms with Crippen molar-refractivity contribution < 1.29 is 4.74 Å². The molecule has 3 heteroatoms. The van der Waals surface area contributed by atoms with Crippen molar-refractivity contribution in [2.45, 2.75) is 56.5 Å². The van der Waals surface area contributed by atoms with Crippen LogP contribution in [0.25, 0.3) is 0 Å². The quantitative estimate of drug-likeness (QED) is 0.905. The van der Waals surface area contributed by atoms with Crippen LogP contribution in [-0.4, -0.2) is 37.2 Å². The Morgan fingerprint density at radius 1 is 1.29 bits per heavy atom. The van der Waals surface area contributed by atoms with Crippen molar-refractivity contribution in [3.8, 4) is 5.75 Å². The van der Waals surface area contributed by atoms with Crippen molar-refractivity contribution >= 4 is 0 Å². The molecule has 0 aromatic heterocycles. The van der Waals surface area contributed by atoms with Crippen LogP contribution in [0.5, 0.6) is 5.75 Å². The Labute approximate surface area is 128 Å². The van der Waals surface area contributed by atoms with Crippen molar-refractivity contribution in [1.29, 1.82) is 0 Å². The van der Waals surface area contributed by atoms with Crippen LogP contribution in [0, 0.1) is 0 Å². The van der Waals surface area contributed by atoms with E-state index >= 15 is 0 Å². The second-order valence-corrected chi connectivity index (χ2v) is 6.89. The van der Waals surface area contributed by atoms with E-state index in [-0.39, 0.29) is 11.6 Å². The molecule has 1 fully saturated rings. The van der Waals surface area contributed by atoms with Gasteiger partial charge in [0.2, 0.25) is 0 Å². The normalized spacial score (nSPS) is 21.3. The van der Waals surface area contributed by atoms with E-state index in [1.54, 1.807) is 0 Å². The number of fused-ring (bicyclic) bond motifs is 1. The van der Waals surface area contributed by atoms with Crippen molar-refractivity contribution in [3.05, 3.63) is 29.3 Å². The second kappa shape index (κ2) is 5.98. The number of aryl methyl sites for hydroxylation is 1. The minimum Gasteiger partial charge on any atom is -0.493 e. The molecule has 0 saturated heterocycles. The van der Waals surface area contributed by atoms with Gasteiger partial charge in [-0.2, -0.15) is 0 Å². The van der Waals surface area contributed by atoms with E-state index < -0.39 is 0 Å². The van der Waals surface area contributed by atoms with Crippen LogP contribution < -0.4 is 10.5 Å². The van der Waals surface area contributed by atoms with Crippen molar-refractivity contribution in [2.75, 3.05) is 20.7 Å². The third kappa shape index (κ3) is 2.82. The third-order valence-corrected chi connectivity index (χ3v) is 5.55. The molecule has 0 spiro atoms. The lowest BCUT2D eigenvalue weighted by atomic mass is 9.84. The Balaban J connectivity index is 1.64. The smallest absolute Gasteiger partial charge is 0.122 e. The number of benzene rings is 1. The van der Waals surface area contributed by atoms with Crippen LogP contribution in [0.15, 0.2) is 18.2 Å². The fourth-order valence-electron chi connectivity index (χ4n) is 4.12. The Kier molecular flexibility index (Phi) is 4.23. The first-order valence-electron chi connectivity index (χ1n) is 8.29. The van der Waals surface area contributed by atoms with E-state index in [0.29, 0.717) is 0 Å². The standard InChI is InChI=1S/C18H28N2O/c1-20(2)18(10-3-4-11-18)17(19)8-6-14-5-7-16-15(13-14)9-12-21-16/h5,7,13,17H,3-4,6,8-12,19H2,1-2H3. The Hall–Kier alpha value is -1.06. The first-order valence-corrected chi connectivity index (χ1v) is 8.29. The van der Waals surface area contributed by atoms with E-state index in [9.17, 15) is 0 Å². The summed E-state index contributed by atoms with van der Waals surface area (Å²) in [7, 11) is 4.38. The van der Waals surface area contributed by atoms with E-state index in [2.05, 4.69) is 37.2 Å². The first kappa shape index (κ1) is 14.9. The minimum atomic E-state index is 0.222. The molecule has 1 aromatic carbocycles. The van der Waals surface area contributed by atoms with Crippen LogP contribution in [0.4, 0.5) is 0 Å². The lowest BCUT2D eigenvalue weighted by Gasteiger charge is -2.41. The second-order valence-electron chi connectivity index (χ2n) is 6.89. The van der Waals surface area contributed by atoms with Gasteiger partial charge >= 0.3 is 0 Å². The molecule has 21 heavy (non-hydrogen) atoms. The number of likely N-dealkylation sites (N-methyl/N-ethyl adjacent to an activating group) is 1. The Morgan fingerprint density at radius 2 is 2.05 bits per heavy atom. The summed E-state index contributed by atoms with van der Waals surface area (Å²) in [6.07, 6.45) is 8.33. The average molecular weight is 288 g/mol. The fourth-order valence-corrected chi connectivity index (χ4v) is 4.12. The Morgan fingerprint density at radius 3 is 2.76 bits per heavy atom. The molecule has 3 nitrogen and oxygen atoms in total. The van der Waals surface area contributed by atoms with Gasteiger partial charge in [0.05, 0.1) is 6.61 Å². The van der Waals surface area contributed by atoms with Gasteiger partial charge in [-0.15, -0.1) is 0 Å². The molecule has 0 bridgehead atoms. The molecule has 0 radical (unpaired) electrons. The summed E-state index contributed by atoms with van der Waals surface area (Å²) in [6.45, 7) is 0.835. The lowest BCUT2D eigenvalue weighted by Crippen LogP contribution is -2.55. The van der Waals surface area contributed by atoms with Crippen LogP contribution in [-0.2, 0) is 12.8 Å².